The molecule has 0 amide bonds. The third-order valence-corrected chi connectivity index (χ3v) is 6.38. The molecule has 1 saturated heterocycles. The third-order valence-electron chi connectivity index (χ3n) is 5.39. The lowest BCUT2D eigenvalue weighted by molar-refractivity contribution is 0.0924. The minimum atomic E-state index is 0.165. The number of fused-ring (bicyclic) bond motifs is 3. The van der Waals surface area contributed by atoms with Gasteiger partial charge in [0.2, 0.25) is 0 Å². The van der Waals surface area contributed by atoms with Crippen LogP contribution in [0.4, 0.5) is 0 Å². The monoisotopic (exact) mass is 402 g/mol. The number of aromatic nitrogens is 4. The highest BCUT2D eigenvalue weighted by atomic mass is 32.2. The third kappa shape index (κ3) is 3.68. The quantitative estimate of drug-likeness (QED) is 0.283. The molecule has 1 fully saturated rings. The van der Waals surface area contributed by atoms with Gasteiger partial charge in [0, 0.05) is 37.1 Å². The maximum Gasteiger partial charge on any atom is 0.188 e. The van der Waals surface area contributed by atoms with Crippen LogP contribution >= 0.6 is 0 Å². The summed E-state index contributed by atoms with van der Waals surface area (Å²) in [7, 11) is 0.397. The predicted molar refractivity (Wildman–Crippen MR) is 114 cm³/mol. The largest absolute Gasteiger partial charge is 0.370 e. The molecule has 0 bridgehead atoms. The Morgan fingerprint density at radius 3 is 2.79 bits per heavy atom. The molecule has 9 heteroatoms. The Bertz CT molecular complexity index is 971. The highest BCUT2D eigenvalue weighted by Crippen LogP contribution is 2.30. The molecule has 0 saturated carbocycles. The first-order valence-electron chi connectivity index (χ1n) is 9.56. The number of nitrogens with one attached hydrogen (secondary N) is 1. The van der Waals surface area contributed by atoms with Crippen molar-refractivity contribution in [2.45, 2.75) is 25.5 Å². The Kier molecular flexibility index (Phi) is 5.45. The number of rotatable bonds is 6. The molecule has 0 spiro atoms. The van der Waals surface area contributed by atoms with Crippen molar-refractivity contribution in [3.8, 4) is 0 Å². The molecule has 1 aliphatic rings. The lowest BCUT2D eigenvalue weighted by Gasteiger charge is -2.32. The van der Waals surface area contributed by atoms with E-state index in [4.69, 9.17) is 15.9 Å². The first kappa shape index (κ1) is 19.1. The van der Waals surface area contributed by atoms with E-state index in [0.29, 0.717) is 23.5 Å². The van der Waals surface area contributed by atoms with Gasteiger partial charge in [-0.2, -0.15) is 0 Å². The van der Waals surface area contributed by atoms with Gasteiger partial charge in [0.1, 0.15) is 12.5 Å². The molecule has 0 aromatic carbocycles. The topological polar surface area (TPSA) is 97.5 Å². The van der Waals surface area contributed by atoms with E-state index in [1.54, 1.807) is 0 Å². The number of guanidine groups is 1. The van der Waals surface area contributed by atoms with Gasteiger partial charge in [-0.15, -0.1) is 0 Å². The highest BCUT2D eigenvalue weighted by Gasteiger charge is 2.24. The van der Waals surface area contributed by atoms with Crippen LogP contribution in [0.1, 0.15) is 24.5 Å². The summed E-state index contributed by atoms with van der Waals surface area (Å²) in [6, 6.07) is 2.10. The molecule has 4 rings (SSSR count). The number of piperidine rings is 1. The summed E-state index contributed by atoms with van der Waals surface area (Å²) in [5.41, 5.74) is 9.70. The maximum absolute atomic E-state index is 7.63. The molecule has 3 aromatic rings. The molecule has 0 atom stereocenters. The zero-order chi connectivity index (χ0) is 19.7. The fraction of sp³-hybridized carbons (Fsp3) is 0.526. The van der Waals surface area contributed by atoms with E-state index >= 15 is 0 Å². The summed E-state index contributed by atoms with van der Waals surface area (Å²) < 4.78 is 10.1. The first-order chi connectivity index (χ1) is 13.5. The van der Waals surface area contributed by atoms with Crippen molar-refractivity contribution >= 4 is 33.7 Å². The molecule has 1 aliphatic heterocycles. The fourth-order valence-electron chi connectivity index (χ4n) is 3.82. The number of likely N-dealkylation sites (tertiary alicyclic amines) is 1. The Balaban J connectivity index is 1.58. The van der Waals surface area contributed by atoms with Gasteiger partial charge in [-0.25, -0.2) is 9.97 Å². The average molecular weight is 403 g/mol. The van der Waals surface area contributed by atoms with Crippen LogP contribution in [0, 0.1) is 5.41 Å². The summed E-state index contributed by atoms with van der Waals surface area (Å²) in [4.78, 5) is 11.1. The molecule has 4 heterocycles. The number of nitrogens with two attached hydrogens (primary N) is 1. The standard InChI is InChI=1S/C19H28N7OS/c1-28(2)10-9-27-13-25-8-5-15-18(25)23-12-17-22-11-16(26(15)17)14-3-6-24(7-4-14)19(20)21/h5,8,11-12,14H,3-4,6-7,9-10,13H2,1-2H3,(H3,20,21)/q+1. The van der Waals surface area contributed by atoms with Crippen molar-refractivity contribution < 1.29 is 4.74 Å². The second-order valence-corrected chi connectivity index (χ2v) is 9.88. The van der Waals surface area contributed by atoms with Crippen LogP contribution in [-0.2, 0) is 22.4 Å². The Labute approximate surface area is 167 Å². The van der Waals surface area contributed by atoms with Crippen LogP contribution in [0.2, 0.25) is 0 Å². The molecular formula is C19H28N7OS+. The summed E-state index contributed by atoms with van der Waals surface area (Å²) in [6.45, 7) is 2.91. The highest BCUT2D eigenvalue weighted by molar-refractivity contribution is 7.95. The number of nitrogens with zero attached hydrogens (tertiary/aromatic N) is 5. The Morgan fingerprint density at radius 1 is 1.29 bits per heavy atom. The van der Waals surface area contributed by atoms with Crippen molar-refractivity contribution in [3.63, 3.8) is 0 Å². The minimum Gasteiger partial charge on any atom is -0.370 e. The van der Waals surface area contributed by atoms with Gasteiger partial charge in [0.25, 0.3) is 0 Å². The van der Waals surface area contributed by atoms with Crippen LogP contribution in [-0.4, -0.2) is 67.8 Å². The molecular weight excluding hydrogens is 374 g/mol. The van der Waals surface area contributed by atoms with E-state index in [9.17, 15) is 0 Å². The van der Waals surface area contributed by atoms with Crippen LogP contribution in [0.5, 0.6) is 0 Å². The Hall–Kier alpha value is -2.26. The second kappa shape index (κ2) is 8.00. The predicted octanol–water partition coefficient (Wildman–Crippen LogP) is 1.61. The van der Waals surface area contributed by atoms with Crippen molar-refractivity contribution in [2.75, 3.05) is 38.0 Å². The van der Waals surface area contributed by atoms with Gasteiger partial charge in [-0.3, -0.25) is 9.81 Å². The summed E-state index contributed by atoms with van der Waals surface area (Å²) in [5, 5.41) is 7.63. The summed E-state index contributed by atoms with van der Waals surface area (Å²) in [5.74, 6) is 1.66. The normalized spacial score (nSPS) is 15.9. The lowest BCUT2D eigenvalue weighted by Crippen LogP contribution is -2.41. The molecule has 0 radical (unpaired) electrons. The van der Waals surface area contributed by atoms with Crippen molar-refractivity contribution in [1.82, 2.24) is 23.8 Å². The van der Waals surface area contributed by atoms with Gasteiger partial charge in [-0.05, 0) is 29.8 Å². The van der Waals surface area contributed by atoms with Crippen LogP contribution in [0.25, 0.3) is 16.8 Å². The summed E-state index contributed by atoms with van der Waals surface area (Å²) >= 11 is 0. The van der Waals surface area contributed by atoms with E-state index in [-0.39, 0.29) is 5.96 Å². The molecule has 0 aliphatic carbocycles. The first-order valence-corrected chi connectivity index (χ1v) is 11.8. The van der Waals surface area contributed by atoms with E-state index in [1.807, 2.05) is 23.5 Å². The fourth-order valence-corrected chi connectivity index (χ4v) is 4.27. The minimum absolute atomic E-state index is 0.165. The second-order valence-electron chi connectivity index (χ2n) is 7.50. The van der Waals surface area contributed by atoms with Gasteiger partial charge < -0.3 is 19.9 Å². The van der Waals surface area contributed by atoms with Gasteiger partial charge in [0.15, 0.2) is 17.3 Å². The number of hydrogen-bond donors (Lipinski definition) is 2. The summed E-state index contributed by atoms with van der Waals surface area (Å²) in [6.07, 6.45) is 12.2. The zero-order valence-corrected chi connectivity index (χ0v) is 17.3. The van der Waals surface area contributed by atoms with E-state index in [2.05, 4.69) is 37.5 Å². The van der Waals surface area contributed by atoms with Crippen molar-refractivity contribution in [2.24, 2.45) is 5.73 Å². The van der Waals surface area contributed by atoms with Crippen molar-refractivity contribution in [3.05, 3.63) is 30.4 Å². The number of imidazole rings is 1. The van der Waals surface area contributed by atoms with E-state index in [0.717, 1.165) is 55.1 Å². The van der Waals surface area contributed by atoms with E-state index < -0.39 is 0 Å². The van der Waals surface area contributed by atoms with Gasteiger partial charge >= 0.3 is 0 Å². The van der Waals surface area contributed by atoms with Gasteiger partial charge in [0.05, 0.1) is 30.8 Å². The molecule has 8 nitrogen and oxygen atoms in total. The van der Waals surface area contributed by atoms with Crippen LogP contribution in [0.3, 0.4) is 0 Å². The SMILES string of the molecule is C[S+](C)CCOCn1ccc2c1ncc1ncc(C3CCN(C(=N)N)CC3)n12. The number of hydrogen-bond acceptors (Lipinski definition) is 4. The molecule has 150 valence electrons. The maximum atomic E-state index is 7.63. The molecule has 0 unspecified atom stereocenters. The molecule has 28 heavy (non-hydrogen) atoms. The Morgan fingerprint density at radius 2 is 2.07 bits per heavy atom. The van der Waals surface area contributed by atoms with Crippen LogP contribution in [0.15, 0.2) is 24.7 Å². The van der Waals surface area contributed by atoms with E-state index in [1.165, 1.54) is 5.69 Å². The van der Waals surface area contributed by atoms with Gasteiger partial charge in [-0.1, -0.05) is 0 Å². The average Bonchev–Trinajstić information content (AvgIpc) is 3.29. The molecule has 3 aromatic heterocycles. The number of ether oxygens (including phenoxy) is 1. The van der Waals surface area contributed by atoms with Crippen molar-refractivity contribution in [1.29, 1.82) is 5.41 Å². The smallest absolute Gasteiger partial charge is 0.188 e. The zero-order valence-electron chi connectivity index (χ0n) is 16.5. The molecule has 3 N–H and O–H groups in total. The van der Waals surface area contributed by atoms with Crippen LogP contribution < -0.4 is 5.73 Å². The lowest BCUT2D eigenvalue weighted by atomic mass is 9.94.